The summed E-state index contributed by atoms with van der Waals surface area (Å²) in [5, 5.41) is 11.7. The molecule has 2 saturated heterocycles. The van der Waals surface area contributed by atoms with E-state index in [9.17, 15) is 9.90 Å². The first-order chi connectivity index (χ1) is 15.5. The Morgan fingerprint density at radius 3 is 2.64 bits per heavy atom. The van der Waals surface area contributed by atoms with Crippen molar-refractivity contribution >= 4 is 47.7 Å². The second kappa shape index (κ2) is 12.1. The third-order valence-corrected chi connectivity index (χ3v) is 6.72. The van der Waals surface area contributed by atoms with Crippen molar-refractivity contribution in [2.45, 2.75) is 31.3 Å². The second-order valence-electron chi connectivity index (χ2n) is 8.34. The molecule has 2 aromatic rings. The van der Waals surface area contributed by atoms with E-state index in [0.29, 0.717) is 46.9 Å². The highest BCUT2D eigenvalue weighted by Gasteiger charge is 2.23. The molecule has 2 aromatic carbocycles. The average Bonchev–Trinajstić information content (AvgIpc) is 3.19. The van der Waals surface area contributed by atoms with Crippen LogP contribution in [-0.2, 0) is 9.53 Å². The van der Waals surface area contributed by atoms with Gasteiger partial charge in [-0.1, -0.05) is 41.4 Å². The summed E-state index contributed by atoms with van der Waals surface area (Å²) in [5.41, 5.74) is 2.78. The standard InChI is InChI=1S/C25H27Cl2NO4.ClH/c26-23-5-4-19(14-24(23)27)18-6-9-28(10-7-18)15-21(29)16-32-22-3-1-2-17(13-22)12-20-8-11-31-25(20)30;/h1-5,12-14,18,21,29H,6-11,15-16H2;1H/t21-;/m0./s1. The smallest absolute Gasteiger partial charge is 0.334 e. The molecule has 0 amide bonds. The van der Waals surface area contributed by atoms with Crippen LogP contribution in [0.4, 0.5) is 0 Å². The van der Waals surface area contributed by atoms with E-state index in [1.54, 1.807) is 0 Å². The number of esters is 1. The number of halogens is 3. The summed E-state index contributed by atoms with van der Waals surface area (Å²) in [6, 6.07) is 13.4. The highest BCUT2D eigenvalue weighted by molar-refractivity contribution is 6.42. The van der Waals surface area contributed by atoms with Gasteiger partial charge in [0.05, 0.1) is 16.7 Å². The maximum atomic E-state index is 11.6. The molecule has 0 bridgehead atoms. The van der Waals surface area contributed by atoms with Gasteiger partial charge in [-0.15, -0.1) is 12.4 Å². The number of carbonyl (C=O) groups excluding carboxylic acids is 1. The van der Waals surface area contributed by atoms with Crippen LogP contribution in [0.3, 0.4) is 0 Å². The van der Waals surface area contributed by atoms with Crippen molar-refractivity contribution in [3.05, 3.63) is 69.2 Å². The second-order valence-corrected chi connectivity index (χ2v) is 9.16. The minimum Gasteiger partial charge on any atom is -0.491 e. The molecular weight excluding hydrogens is 485 g/mol. The average molecular weight is 513 g/mol. The normalized spacial score (nSPS) is 19.2. The molecule has 0 radical (unpaired) electrons. The first-order valence-electron chi connectivity index (χ1n) is 10.9. The Labute approximate surface area is 210 Å². The van der Waals surface area contributed by atoms with Crippen molar-refractivity contribution < 1.29 is 19.4 Å². The number of cyclic esters (lactones) is 1. The van der Waals surface area contributed by atoms with Crippen molar-refractivity contribution in [1.29, 1.82) is 0 Å². The number of carbonyl (C=O) groups is 1. The van der Waals surface area contributed by atoms with Crippen molar-refractivity contribution in [2.24, 2.45) is 0 Å². The maximum absolute atomic E-state index is 11.6. The number of β-amino-alcohol motifs (C(OH)–C–C–N with tert-alkyl or cyclic N) is 1. The number of ether oxygens (including phenoxy) is 2. The molecule has 1 N–H and O–H groups in total. The number of nitrogens with zero attached hydrogens (tertiary/aromatic N) is 1. The fourth-order valence-corrected chi connectivity index (χ4v) is 4.54. The molecule has 0 aliphatic carbocycles. The predicted molar refractivity (Wildman–Crippen MR) is 134 cm³/mol. The quantitative estimate of drug-likeness (QED) is 0.399. The fourth-order valence-electron chi connectivity index (χ4n) is 4.23. The van der Waals surface area contributed by atoms with Crippen molar-refractivity contribution in [1.82, 2.24) is 4.90 Å². The van der Waals surface area contributed by atoms with Gasteiger partial charge in [0, 0.05) is 18.5 Å². The van der Waals surface area contributed by atoms with Gasteiger partial charge in [0.25, 0.3) is 0 Å². The van der Waals surface area contributed by atoms with Gasteiger partial charge < -0.3 is 19.5 Å². The summed E-state index contributed by atoms with van der Waals surface area (Å²) >= 11 is 12.2. The van der Waals surface area contributed by atoms with Crippen LogP contribution in [0.1, 0.15) is 36.3 Å². The molecule has 2 heterocycles. The number of piperidine rings is 1. The minimum absolute atomic E-state index is 0. The summed E-state index contributed by atoms with van der Waals surface area (Å²) in [6.07, 6.45) is 3.92. The van der Waals surface area contributed by atoms with Gasteiger partial charge in [0.1, 0.15) is 18.5 Å². The van der Waals surface area contributed by atoms with Crippen molar-refractivity contribution in [3.8, 4) is 5.75 Å². The van der Waals surface area contributed by atoms with Crippen LogP contribution in [0.25, 0.3) is 6.08 Å². The zero-order valence-electron chi connectivity index (χ0n) is 18.2. The Kier molecular flexibility index (Phi) is 9.47. The molecule has 178 valence electrons. The molecule has 5 nitrogen and oxygen atoms in total. The molecule has 1 atom stereocenters. The molecule has 0 aromatic heterocycles. The van der Waals surface area contributed by atoms with Crippen LogP contribution >= 0.6 is 35.6 Å². The minimum atomic E-state index is -0.580. The van der Waals surface area contributed by atoms with Crippen LogP contribution in [0, 0.1) is 0 Å². The molecular formula is C25H28Cl3NO4. The summed E-state index contributed by atoms with van der Waals surface area (Å²) < 4.78 is 10.8. The third-order valence-electron chi connectivity index (χ3n) is 5.98. The highest BCUT2D eigenvalue weighted by Crippen LogP contribution is 2.32. The molecule has 33 heavy (non-hydrogen) atoms. The van der Waals surface area contributed by atoms with Gasteiger partial charge in [-0.3, -0.25) is 0 Å². The molecule has 4 rings (SSSR count). The first-order valence-corrected chi connectivity index (χ1v) is 11.7. The summed E-state index contributed by atoms with van der Waals surface area (Å²) in [5.74, 6) is 0.876. The van der Waals surface area contributed by atoms with Crippen LogP contribution in [-0.4, -0.2) is 54.9 Å². The monoisotopic (exact) mass is 511 g/mol. The van der Waals surface area contributed by atoms with Crippen LogP contribution in [0.5, 0.6) is 5.75 Å². The topological polar surface area (TPSA) is 59.0 Å². The van der Waals surface area contributed by atoms with E-state index in [2.05, 4.69) is 11.0 Å². The van der Waals surface area contributed by atoms with E-state index in [0.717, 1.165) is 31.5 Å². The largest absolute Gasteiger partial charge is 0.491 e. The number of rotatable bonds is 7. The predicted octanol–water partition coefficient (Wildman–Crippen LogP) is 5.36. The van der Waals surface area contributed by atoms with E-state index in [-0.39, 0.29) is 25.0 Å². The lowest BCUT2D eigenvalue weighted by Crippen LogP contribution is -2.40. The molecule has 2 aliphatic rings. The van der Waals surface area contributed by atoms with Gasteiger partial charge >= 0.3 is 5.97 Å². The zero-order valence-corrected chi connectivity index (χ0v) is 20.5. The third kappa shape index (κ3) is 7.11. The number of aliphatic hydroxyl groups excluding tert-OH is 1. The molecule has 2 fully saturated rings. The number of benzene rings is 2. The van der Waals surface area contributed by atoms with E-state index in [1.807, 2.05) is 42.5 Å². The Morgan fingerprint density at radius 1 is 1.15 bits per heavy atom. The lowest BCUT2D eigenvalue weighted by atomic mass is 9.89. The molecule has 2 aliphatic heterocycles. The summed E-state index contributed by atoms with van der Waals surface area (Å²) in [4.78, 5) is 13.9. The van der Waals surface area contributed by atoms with Gasteiger partial charge in [0.2, 0.25) is 0 Å². The Hall–Kier alpha value is -1.76. The van der Waals surface area contributed by atoms with Gasteiger partial charge in [-0.25, -0.2) is 4.79 Å². The van der Waals surface area contributed by atoms with E-state index < -0.39 is 6.10 Å². The summed E-state index contributed by atoms with van der Waals surface area (Å²) in [6.45, 7) is 3.07. The van der Waals surface area contributed by atoms with E-state index in [4.69, 9.17) is 32.7 Å². The number of aliphatic hydroxyl groups is 1. The lowest BCUT2D eigenvalue weighted by Gasteiger charge is -2.33. The fraction of sp³-hybridized carbons (Fsp3) is 0.400. The number of hydrogen-bond donors (Lipinski definition) is 1. The van der Waals surface area contributed by atoms with Crippen molar-refractivity contribution in [2.75, 3.05) is 32.8 Å². The molecule has 0 saturated carbocycles. The Bertz CT molecular complexity index is 989. The van der Waals surface area contributed by atoms with Crippen LogP contribution in [0.2, 0.25) is 10.0 Å². The van der Waals surface area contributed by atoms with Crippen LogP contribution < -0.4 is 4.74 Å². The SMILES string of the molecule is Cl.O=C1OCCC1=Cc1cccc(OC[C@@H](O)CN2CCC(c3ccc(Cl)c(Cl)c3)CC2)c1. The molecule has 8 heteroatoms. The van der Waals surface area contributed by atoms with Gasteiger partial charge in [-0.05, 0) is 73.3 Å². The Morgan fingerprint density at radius 2 is 1.94 bits per heavy atom. The van der Waals surface area contributed by atoms with E-state index >= 15 is 0 Å². The van der Waals surface area contributed by atoms with Crippen LogP contribution in [0.15, 0.2) is 48.0 Å². The van der Waals surface area contributed by atoms with Gasteiger partial charge in [-0.2, -0.15) is 0 Å². The lowest BCUT2D eigenvalue weighted by molar-refractivity contribution is -0.134. The number of likely N-dealkylation sites (tertiary alicyclic amines) is 1. The highest BCUT2D eigenvalue weighted by atomic mass is 35.5. The number of hydrogen-bond acceptors (Lipinski definition) is 5. The first kappa shape index (κ1) is 25.9. The Balaban J connectivity index is 0.00000306. The zero-order chi connectivity index (χ0) is 22.5. The molecule has 0 spiro atoms. The maximum Gasteiger partial charge on any atom is 0.334 e. The molecule has 0 unspecified atom stereocenters. The van der Waals surface area contributed by atoms with Crippen molar-refractivity contribution in [3.63, 3.8) is 0 Å². The van der Waals surface area contributed by atoms with E-state index in [1.165, 1.54) is 5.56 Å². The summed E-state index contributed by atoms with van der Waals surface area (Å²) in [7, 11) is 0. The van der Waals surface area contributed by atoms with Gasteiger partial charge in [0.15, 0.2) is 0 Å².